The molecule has 0 saturated carbocycles. The van der Waals surface area contributed by atoms with Crippen LogP contribution in [0.5, 0.6) is 0 Å². The second-order valence-corrected chi connectivity index (χ2v) is 10.8. The van der Waals surface area contributed by atoms with E-state index in [2.05, 4.69) is 34.6 Å². The summed E-state index contributed by atoms with van der Waals surface area (Å²) in [6, 6.07) is 20.1. The normalized spacial score (nSPS) is 17.9. The third kappa shape index (κ3) is 5.17. The summed E-state index contributed by atoms with van der Waals surface area (Å²) in [5.41, 5.74) is 5.08. The minimum Gasteiger partial charge on any atom is -0.449 e. The van der Waals surface area contributed by atoms with E-state index in [4.69, 9.17) is 25.6 Å². The van der Waals surface area contributed by atoms with E-state index in [1.165, 1.54) is 22.3 Å². The zero-order valence-corrected chi connectivity index (χ0v) is 22.2. The highest BCUT2D eigenvalue weighted by molar-refractivity contribution is 6.56. The van der Waals surface area contributed by atoms with Crippen molar-refractivity contribution in [1.82, 2.24) is 10.3 Å². The first-order valence-corrected chi connectivity index (χ1v) is 12.8. The second-order valence-electron chi connectivity index (χ2n) is 10.4. The van der Waals surface area contributed by atoms with Gasteiger partial charge in [0.1, 0.15) is 6.61 Å². The lowest BCUT2D eigenvalue weighted by molar-refractivity contribution is 0.00578. The molecule has 1 aliphatic heterocycles. The molecule has 3 aromatic rings. The Kier molecular flexibility index (Phi) is 6.88. The first kappa shape index (κ1) is 25.5. The fraction of sp³-hybridized carbons (Fsp3) is 0.310. The largest absolute Gasteiger partial charge is 0.492 e. The monoisotopic (exact) mass is 516 g/mol. The van der Waals surface area contributed by atoms with Crippen LogP contribution in [-0.4, -0.2) is 42.5 Å². The molecule has 2 aliphatic rings. The number of fused-ring (bicyclic) bond motifs is 3. The van der Waals surface area contributed by atoms with Crippen LogP contribution in [0.1, 0.15) is 50.4 Å². The third-order valence-electron chi connectivity index (χ3n) is 7.42. The molecule has 1 N–H and O–H groups in total. The van der Waals surface area contributed by atoms with Crippen molar-refractivity contribution in [1.29, 1.82) is 0 Å². The molecule has 0 spiro atoms. The molecule has 1 fully saturated rings. The maximum atomic E-state index is 12.8. The predicted molar refractivity (Wildman–Crippen MR) is 146 cm³/mol. The van der Waals surface area contributed by atoms with Crippen LogP contribution in [0.3, 0.4) is 0 Å². The van der Waals surface area contributed by atoms with Gasteiger partial charge in [-0.3, -0.25) is 4.98 Å². The van der Waals surface area contributed by atoms with Crippen molar-refractivity contribution < 1.29 is 18.8 Å². The van der Waals surface area contributed by atoms with E-state index >= 15 is 0 Å². The van der Waals surface area contributed by atoms with Crippen LogP contribution in [0, 0.1) is 0 Å². The van der Waals surface area contributed by atoms with Gasteiger partial charge < -0.3 is 19.4 Å². The van der Waals surface area contributed by atoms with Crippen LogP contribution < -0.4 is 5.32 Å². The number of alkyl carbamates (subject to hydrolysis) is 1. The molecule has 5 rings (SSSR count). The lowest BCUT2D eigenvalue weighted by Crippen LogP contribution is -2.41. The lowest BCUT2D eigenvalue weighted by atomic mass is 9.77. The van der Waals surface area contributed by atoms with Crippen LogP contribution in [0.15, 0.2) is 72.3 Å². The zero-order valence-electron chi connectivity index (χ0n) is 21.5. The number of nitrogens with zero attached hydrogens (tertiary/aromatic N) is 1. The summed E-state index contributed by atoms with van der Waals surface area (Å²) in [4.78, 5) is 17.2. The molecule has 8 heteroatoms. The molecule has 1 amide bonds. The van der Waals surface area contributed by atoms with Gasteiger partial charge >= 0.3 is 13.2 Å². The van der Waals surface area contributed by atoms with Crippen LogP contribution in [0.2, 0.25) is 5.02 Å². The first-order chi connectivity index (χ1) is 17.6. The van der Waals surface area contributed by atoms with Gasteiger partial charge in [0.25, 0.3) is 0 Å². The topological polar surface area (TPSA) is 69.7 Å². The van der Waals surface area contributed by atoms with Crippen molar-refractivity contribution in [2.45, 2.75) is 44.8 Å². The smallest absolute Gasteiger partial charge is 0.449 e. The quantitative estimate of drug-likeness (QED) is 0.390. The Hall–Kier alpha value is -3.13. The molecule has 0 unspecified atom stereocenters. The van der Waals surface area contributed by atoms with Gasteiger partial charge in [0.2, 0.25) is 0 Å². The standard InChI is InChI=1S/C29H30BClN2O4/c1-28(2)29(3,4)37-30(36-28)19(15-21-14-13-20(31)17-32-21)16-33-27(34)35-18-26-24-11-7-5-9-22(24)23-10-6-8-12-25(23)26/h5-15,17,26H,16,18H2,1-4H3,(H,33,34). The van der Waals surface area contributed by atoms with Gasteiger partial charge in [-0.05, 0) is 73.6 Å². The number of pyridine rings is 1. The maximum absolute atomic E-state index is 12.8. The van der Waals surface area contributed by atoms with Gasteiger partial charge in [-0.25, -0.2) is 4.79 Å². The van der Waals surface area contributed by atoms with Crippen LogP contribution in [0.4, 0.5) is 4.79 Å². The summed E-state index contributed by atoms with van der Waals surface area (Å²) >= 11 is 6.00. The number of benzene rings is 2. The number of rotatable bonds is 6. The molecule has 1 aromatic heterocycles. The molecular formula is C29H30BClN2O4. The van der Waals surface area contributed by atoms with E-state index in [9.17, 15) is 4.79 Å². The van der Waals surface area contributed by atoms with Crippen molar-refractivity contribution >= 4 is 30.9 Å². The van der Waals surface area contributed by atoms with Gasteiger partial charge in [0.05, 0.1) is 21.9 Å². The fourth-order valence-corrected chi connectivity index (χ4v) is 4.79. The summed E-state index contributed by atoms with van der Waals surface area (Å²) < 4.78 is 18.2. The molecule has 0 atom stereocenters. The van der Waals surface area contributed by atoms with Gasteiger partial charge in [0.15, 0.2) is 0 Å². The van der Waals surface area contributed by atoms with Gasteiger partial charge in [-0.1, -0.05) is 60.1 Å². The Morgan fingerprint density at radius 1 is 1.00 bits per heavy atom. The summed E-state index contributed by atoms with van der Waals surface area (Å²) in [6.07, 6.45) is 2.92. The van der Waals surface area contributed by atoms with Crippen molar-refractivity contribution in [3.05, 3.63) is 94.2 Å². The van der Waals surface area contributed by atoms with Crippen LogP contribution in [0.25, 0.3) is 17.2 Å². The molecule has 190 valence electrons. The van der Waals surface area contributed by atoms with Gasteiger partial charge in [0, 0.05) is 18.7 Å². The summed E-state index contributed by atoms with van der Waals surface area (Å²) in [7, 11) is -0.642. The Morgan fingerprint density at radius 2 is 1.59 bits per heavy atom. The molecule has 0 radical (unpaired) electrons. The Balaban J connectivity index is 1.29. The summed E-state index contributed by atoms with van der Waals surface area (Å²) in [5.74, 6) is -0.00507. The zero-order chi connectivity index (χ0) is 26.2. The predicted octanol–water partition coefficient (Wildman–Crippen LogP) is 6.29. The highest BCUT2D eigenvalue weighted by Gasteiger charge is 2.52. The summed E-state index contributed by atoms with van der Waals surface area (Å²) in [6.45, 7) is 8.38. The Labute approximate surface area is 223 Å². The number of carbonyl (C=O) groups excluding carboxylic acids is 1. The van der Waals surface area contributed by atoms with Crippen molar-refractivity contribution in [2.75, 3.05) is 13.2 Å². The van der Waals surface area contributed by atoms with Gasteiger partial charge in [-0.15, -0.1) is 0 Å². The Morgan fingerprint density at radius 3 is 2.16 bits per heavy atom. The van der Waals surface area contributed by atoms with Crippen LogP contribution >= 0.6 is 11.6 Å². The number of hydrogen-bond donors (Lipinski definition) is 1. The number of aromatic nitrogens is 1. The van der Waals surface area contributed by atoms with E-state index in [0.29, 0.717) is 10.7 Å². The fourth-order valence-electron chi connectivity index (χ4n) is 4.68. The van der Waals surface area contributed by atoms with Crippen molar-refractivity contribution in [2.24, 2.45) is 0 Å². The molecule has 0 bridgehead atoms. The van der Waals surface area contributed by atoms with E-state index in [0.717, 1.165) is 5.47 Å². The number of halogens is 1. The van der Waals surface area contributed by atoms with Crippen molar-refractivity contribution in [3.63, 3.8) is 0 Å². The van der Waals surface area contributed by atoms with Crippen molar-refractivity contribution in [3.8, 4) is 11.1 Å². The number of amides is 1. The summed E-state index contributed by atoms with van der Waals surface area (Å²) in [5, 5.41) is 3.42. The SMILES string of the molecule is CC1(C)OB(C(=Cc2ccc(Cl)cn2)CNC(=O)OCC2c3ccccc3-c3ccccc32)OC1(C)C. The minimum absolute atomic E-state index is 0.00507. The lowest BCUT2D eigenvalue weighted by Gasteiger charge is -2.32. The third-order valence-corrected chi connectivity index (χ3v) is 7.64. The molecule has 1 saturated heterocycles. The van der Waals surface area contributed by atoms with E-state index in [1.807, 2.05) is 58.0 Å². The van der Waals surface area contributed by atoms with Crippen LogP contribution in [-0.2, 0) is 14.0 Å². The van der Waals surface area contributed by atoms with E-state index in [-0.39, 0.29) is 19.1 Å². The molecule has 37 heavy (non-hydrogen) atoms. The molecule has 2 aromatic carbocycles. The Bertz CT molecular complexity index is 1280. The molecule has 1 aliphatic carbocycles. The first-order valence-electron chi connectivity index (χ1n) is 12.4. The molecule has 6 nitrogen and oxygen atoms in total. The molecule has 2 heterocycles. The average molecular weight is 517 g/mol. The maximum Gasteiger partial charge on any atom is 0.492 e. The number of hydrogen-bond acceptors (Lipinski definition) is 5. The minimum atomic E-state index is -0.642. The second kappa shape index (κ2) is 9.97. The van der Waals surface area contributed by atoms with Gasteiger partial charge in [-0.2, -0.15) is 0 Å². The number of carbonyl (C=O) groups is 1. The number of nitrogens with one attached hydrogen (secondary N) is 1. The molecular weight excluding hydrogens is 487 g/mol. The highest BCUT2D eigenvalue weighted by Crippen LogP contribution is 2.44. The van der Waals surface area contributed by atoms with E-state index < -0.39 is 24.4 Å². The highest BCUT2D eigenvalue weighted by atomic mass is 35.5. The number of ether oxygens (including phenoxy) is 1. The average Bonchev–Trinajstić information content (AvgIpc) is 3.30. The van der Waals surface area contributed by atoms with E-state index in [1.54, 1.807) is 18.3 Å².